The van der Waals surface area contributed by atoms with Crippen LogP contribution < -0.4 is 10.2 Å². The van der Waals surface area contributed by atoms with Gasteiger partial charge in [0.2, 0.25) is 0 Å². The molecule has 2 aliphatic rings. The monoisotopic (exact) mass is 378 g/mol. The molecule has 2 fully saturated rings. The van der Waals surface area contributed by atoms with Crippen molar-refractivity contribution in [2.75, 3.05) is 31.1 Å². The van der Waals surface area contributed by atoms with Crippen LogP contribution in [0.5, 0.6) is 0 Å². The number of hydrogen-bond donors (Lipinski definition) is 1. The maximum Gasteiger partial charge on any atom is 0.253 e. The Morgan fingerprint density at radius 2 is 1.57 bits per heavy atom. The van der Waals surface area contributed by atoms with E-state index < -0.39 is 0 Å². The highest BCUT2D eigenvalue weighted by Gasteiger charge is 2.23. The third-order valence-corrected chi connectivity index (χ3v) is 5.62. The number of nitrogens with zero attached hydrogens (tertiary/aromatic N) is 3. The van der Waals surface area contributed by atoms with Crippen LogP contribution in [0.3, 0.4) is 0 Å². The summed E-state index contributed by atoms with van der Waals surface area (Å²) in [6.07, 6.45) is 6.29. The molecule has 1 saturated heterocycles. The lowest BCUT2D eigenvalue weighted by molar-refractivity contribution is 0.0746. The molecule has 0 radical (unpaired) electrons. The lowest BCUT2D eigenvalue weighted by Crippen LogP contribution is -2.49. The van der Waals surface area contributed by atoms with Gasteiger partial charge in [-0.3, -0.25) is 9.59 Å². The molecule has 0 atom stereocenters. The molecule has 0 unspecified atom stereocenters. The quantitative estimate of drug-likeness (QED) is 0.888. The van der Waals surface area contributed by atoms with Gasteiger partial charge >= 0.3 is 0 Å². The molecule has 1 aromatic carbocycles. The molecular weight excluding hydrogens is 352 g/mol. The molecule has 146 valence electrons. The fourth-order valence-electron chi connectivity index (χ4n) is 3.97. The van der Waals surface area contributed by atoms with Gasteiger partial charge in [-0.2, -0.15) is 0 Å². The predicted octanol–water partition coefficient (Wildman–Crippen LogP) is 2.72. The van der Waals surface area contributed by atoms with Crippen molar-refractivity contribution in [2.24, 2.45) is 0 Å². The molecule has 0 spiro atoms. The first-order valence-electron chi connectivity index (χ1n) is 10.1. The highest BCUT2D eigenvalue weighted by atomic mass is 16.2. The Labute approximate surface area is 165 Å². The van der Waals surface area contributed by atoms with Crippen molar-refractivity contribution in [3.8, 4) is 0 Å². The first-order chi connectivity index (χ1) is 13.7. The van der Waals surface area contributed by atoms with Crippen molar-refractivity contribution in [3.05, 3.63) is 59.8 Å². The van der Waals surface area contributed by atoms with Crippen molar-refractivity contribution < 1.29 is 9.59 Å². The van der Waals surface area contributed by atoms with E-state index in [1.807, 2.05) is 23.1 Å². The van der Waals surface area contributed by atoms with Crippen LogP contribution in [-0.4, -0.2) is 53.9 Å². The lowest BCUT2D eigenvalue weighted by atomic mass is 10.1. The predicted molar refractivity (Wildman–Crippen MR) is 109 cm³/mol. The minimum Gasteiger partial charge on any atom is -0.353 e. The number of pyridine rings is 1. The van der Waals surface area contributed by atoms with Crippen LogP contribution in [0, 0.1) is 0 Å². The smallest absolute Gasteiger partial charge is 0.253 e. The molecule has 1 aliphatic carbocycles. The second-order valence-electron chi connectivity index (χ2n) is 7.50. The van der Waals surface area contributed by atoms with Gasteiger partial charge in [-0.05, 0) is 49.2 Å². The topological polar surface area (TPSA) is 65.5 Å². The number of amides is 2. The summed E-state index contributed by atoms with van der Waals surface area (Å²) in [6.45, 7) is 2.87. The zero-order valence-electron chi connectivity index (χ0n) is 16.0. The average Bonchev–Trinajstić information content (AvgIpc) is 3.27. The van der Waals surface area contributed by atoms with Crippen LogP contribution in [0.15, 0.2) is 48.7 Å². The van der Waals surface area contributed by atoms with E-state index in [9.17, 15) is 9.59 Å². The highest BCUT2D eigenvalue weighted by molar-refractivity contribution is 5.98. The maximum absolute atomic E-state index is 12.8. The van der Waals surface area contributed by atoms with Crippen LogP contribution in [0.25, 0.3) is 0 Å². The van der Waals surface area contributed by atoms with E-state index in [0.29, 0.717) is 30.3 Å². The van der Waals surface area contributed by atoms with Gasteiger partial charge in [0.1, 0.15) is 5.82 Å². The van der Waals surface area contributed by atoms with Gasteiger partial charge in [0.25, 0.3) is 11.8 Å². The molecule has 6 nitrogen and oxygen atoms in total. The van der Waals surface area contributed by atoms with E-state index >= 15 is 0 Å². The van der Waals surface area contributed by atoms with Gasteiger partial charge in [0.05, 0.1) is 0 Å². The molecule has 0 bridgehead atoms. The third-order valence-electron chi connectivity index (χ3n) is 5.62. The number of anilines is 1. The van der Waals surface area contributed by atoms with Gasteiger partial charge in [0, 0.05) is 49.5 Å². The van der Waals surface area contributed by atoms with Crippen LogP contribution in [0.1, 0.15) is 46.4 Å². The minimum absolute atomic E-state index is 0.0171. The van der Waals surface area contributed by atoms with Crippen molar-refractivity contribution in [2.45, 2.75) is 31.7 Å². The maximum atomic E-state index is 12.8. The zero-order chi connectivity index (χ0) is 19.3. The Morgan fingerprint density at radius 3 is 2.21 bits per heavy atom. The van der Waals surface area contributed by atoms with Crippen molar-refractivity contribution >= 4 is 17.6 Å². The molecule has 1 aromatic heterocycles. The lowest BCUT2D eigenvalue weighted by Gasteiger charge is -2.35. The summed E-state index contributed by atoms with van der Waals surface area (Å²) in [5.74, 6) is 0.922. The SMILES string of the molecule is O=C(NC1CCCC1)c1ccc(C(=O)N2CCN(c3ccccn3)CC2)cc1. The van der Waals surface area contributed by atoms with E-state index in [1.165, 1.54) is 12.8 Å². The number of hydrogen-bond acceptors (Lipinski definition) is 4. The summed E-state index contributed by atoms with van der Waals surface area (Å²) in [5.41, 5.74) is 1.24. The number of carbonyl (C=O) groups is 2. The molecule has 2 aromatic rings. The normalized spacial score (nSPS) is 17.6. The van der Waals surface area contributed by atoms with E-state index in [2.05, 4.69) is 15.2 Å². The minimum atomic E-state index is -0.0464. The standard InChI is InChI=1S/C22H26N4O2/c27-21(24-19-5-1-2-6-19)17-8-10-18(11-9-17)22(28)26-15-13-25(14-16-26)20-7-3-4-12-23-20/h3-4,7-12,19H,1-2,5-6,13-16H2,(H,24,27). The molecule has 1 aliphatic heterocycles. The Balaban J connectivity index is 1.33. The molecule has 6 heteroatoms. The van der Waals surface area contributed by atoms with E-state index in [-0.39, 0.29) is 11.8 Å². The number of carbonyl (C=O) groups excluding carboxylic acids is 2. The van der Waals surface area contributed by atoms with Crippen LogP contribution in [0.2, 0.25) is 0 Å². The van der Waals surface area contributed by atoms with Crippen LogP contribution in [0.4, 0.5) is 5.82 Å². The summed E-state index contributed by atoms with van der Waals surface area (Å²) in [6, 6.07) is 13.2. The number of benzene rings is 1. The van der Waals surface area contributed by atoms with E-state index in [0.717, 1.165) is 31.7 Å². The summed E-state index contributed by atoms with van der Waals surface area (Å²) in [4.78, 5) is 33.6. The van der Waals surface area contributed by atoms with Crippen LogP contribution >= 0.6 is 0 Å². The average molecular weight is 378 g/mol. The molecule has 2 heterocycles. The van der Waals surface area contributed by atoms with E-state index in [1.54, 1.807) is 30.5 Å². The van der Waals surface area contributed by atoms with E-state index in [4.69, 9.17) is 0 Å². The number of nitrogens with one attached hydrogen (secondary N) is 1. The van der Waals surface area contributed by atoms with Crippen molar-refractivity contribution in [3.63, 3.8) is 0 Å². The highest BCUT2D eigenvalue weighted by Crippen LogP contribution is 2.19. The zero-order valence-corrected chi connectivity index (χ0v) is 16.0. The Hall–Kier alpha value is -2.89. The van der Waals surface area contributed by atoms with Gasteiger partial charge in [-0.1, -0.05) is 18.9 Å². The Kier molecular flexibility index (Phi) is 5.55. The van der Waals surface area contributed by atoms with Crippen molar-refractivity contribution in [1.29, 1.82) is 0 Å². The molecular formula is C22H26N4O2. The van der Waals surface area contributed by atoms with Gasteiger partial charge in [-0.15, -0.1) is 0 Å². The van der Waals surface area contributed by atoms with Gasteiger partial charge in [-0.25, -0.2) is 4.98 Å². The fourth-order valence-corrected chi connectivity index (χ4v) is 3.97. The summed E-state index contributed by atoms with van der Waals surface area (Å²) >= 11 is 0. The van der Waals surface area contributed by atoms with Crippen molar-refractivity contribution in [1.82, 2.24) is 15.2 Å². The Morgan fingerprint density at radius 1 is 0.893 bits per heavy atom. The summed E-state index contributed by atoms with van der Waals surface area (Å²) in [5, 5.41) is 3.08. The van der Waals surface area contributed by atoms with Gasteiger partial charge < -0.3 is 15.1 Å². The summed E-state index contributed by atoms with van der Waals surface area (Å²) in [7, 11) is 0. The summed E-state index contributed by atoms with van der Waals surface area (Å²) < 4.78 is 0. The second-order valence-corrected chi connectivity index (χ2v) is 7.50. The first kappa shape index (κ1) is 18.5. The number of aromatic nitrogens is 1. The second kappa shape index (κ2) is 8.42. The Bertz CT molecular complexity index is 808. The molecule has 1 saturated carbocycles. The number of piperazine rings is 1. The molecule has 4 rings (SSSR count). The van der Waals surface area contributed by atoms with Crippen LogP contribution in [-0.2, 0) is 0 Å². The first-order valence-corrected chi connectivity index (χ1v) is 10.1. The molecule has 2 amide bonds. The largest absolute Gasteiger partial charge is 0.353 e. The third kappa shape index (κ3) is 4.16. The molecule has 28 heavy (non-hydrogen) atoms. The number of rotatable bonds is 4. The fraction of sp³-hybridized carbons (Fsp3) is 0.409. The molecule has 1 N–H and O–H groups in total. The van der Waals surface area contributed by atoms with Gasteiger partial charge in [0.15, 0.2) is 0 Å².